The zero-order chi connectivity index (χ0) is 23.5. The molecular formula is C23H25F2N7O. The van der Waals surface area contributed by atoms with Crippen molar-refractivity contribution in [1.82, 2.24) is 29.5 Å². The first-order valence-corrected chi connectivity index (χ1v) is 10.4. The Morgan fingerprint density at radius 3 is 2.42 bits per heavy atom. The third-order valence-electron chi connectivity index (χ3n) is 5.26. The molecule has 0 saturated heterocycles. The van der Waals surface area contributed by atoms with Crippen molar-refractivity contribution >= 4 is 11.6 Å². The van der Waals surface area contributed by atoms with E-state index in [1.807, 2.05) is 32.9 Å². The number of anilines is 2. The lowest BCUT2D eigenvalue weighted by Gasteiger charge is -2.11. The molecule has 4 aromatic rings. The number of aryl methyl sites for hydroxylation is 2. The molecule has 0 aliphatic rings. The summed E-state index contributed by atoms with van der Waals surface area (Å²) >= 11 is 0. The van der Waals surface area contributed by atoms with Crippen LogP contribution in [0.4, 0.5) is 20.4 Å². The van der Waals surface area contributed by atoms with Crippen LogP contribution in [-0.2, 0) is 11.3 Å². The maximum atomic E-state index is 13.0. The number of benzene rings is 1. The lowest BCUT2D eigenvalue weighted by molar-refractivity contribution is 0.151. The molecule has 0 aliphatic carbocycles. The molecular weight excluding hydrogens is 428 g/mol. The molecule has 10 heteroatoms. The molecule has 172 valence electrons. The minimum atomic E-state index is -2.51. The first-order valence-electron chi connectivity index (χ1n) is 10.4. The van der Waals surface area contributed by atoms with Gasteiger partial charge in [-0.1, -0.05) is 24.3 Å². The SMILES string of the molecule is COCCn1nc(-c2ccc(C(F)F)cc2)c(C)c1Nc1cc(-n2nc(C)cc2C)ncn1. The largest absolute Gasteiger partial charge is 0.383 e. The molecule has 0 unspecified atom stereocenters. The van der Waals surface area contributed by atoms with Crippen LogP contribution < -0.4 is 5.32 Å². The van der Waals surface area contributed by atoms with Crippen molar-refractivity contribution in [3.05, 3.63) is 65.2 Å². The van der Waals surface area contributed by atoms with Crippen LogP contribution in [0.3, 0.4) is 0 Å². The Kier molecular flexibility index (Phi) is 6.45. The Labute approximate surface area is 190 Å². The minimum absolute atomic E-state index is 0.0220. The molecule has 1 N–H and O–H groups in total. The van der Waals surface area contributed by atoms with Crippen LogP contribution in [-0.4, -0.2) is 43.2 Å². The van der Waals surface area contributed by atoms with Gasteiger partial charge in [0.05, 0.1) is 24.5 Å². The van der Waals surface area contributed by atoms with Crippen molar-refractivity contribution < 1.29 is 13.5 Å². The van der Waals surface area contributed by atoms with E-state index in [1.54, 1.807) is 28.6 Å². The molecule has 0 saturated carbocycles. The van der Waals surface area contributed by atoms with Gasteiger partial charge in [-0.2, -0.15) is 10.2 Å². The summed E-state index contributed by atoms with van der Waals surface area (Å²) < 4.78 is 34.7. The number of rotatable bonds is 8. The topological polar surface area (TPSA) is 82.7 Å². The number of nitrogens with zero attached hydrogens (tertiary/aromatic N) is 6. The van der Waals surface area contributed by atoms with E-state index in [4.69, 9.17) is 9.84 Å². The van der Waals surface area contributed by atoms with Gasteiger partial charge in [-0.3, -0.25) is 0 Å². The van der Waals surface area contributed by atoms with E-state index in [0.717, 1.165) is 28.3 Å². The van der Waals surface area contributed by atoms with Crippen LogP contribution >= 0.6 is 0 Å². The number of hydrogen-bond acceptors (Lipinski definition) is 6. The van der Waals surface area contributed by atoms with Gasteiger partial charge in [0.15, 0.2) is 5.82 Å². The number of methoxy groups -OCH3 is 1. The maximum absolute atomic E-state index is 13.0. The van der Waals surface area contributed by atoms with Gasteiger partial charge in [0.2, 0.25) is 0 Å². The predicted octanol–water partition coefficient (Wildman–Crippen LogP) is 4.78. The first-order chi connectivity index (χ1) is 15.9. The summed E-state index contributed by atoms with van der Waals surface area (Å²) in [6.45, 7) is 6.78. The third kappa shape index (κ3) is 4.75. The van der Waals surface area contributed by atoms with E-state index < -0.39 is 6.43 Å². The van der Waals surface area contributed by atoms with E-state index in [-0.39, 0.29) is 5.56 Å². The highest BCUT2D eigenvalue weighted by molar-refractivity contribution is 5.71. The van der Waals surface area contributed by atoms with E-state index >= 15 is 0 Å². The van der Waals surface area contributed by atoms with Crippen molar-refractivity contribution in [3.8, 4) is 17.1 Å². The molecule has 8 nitrogen and oxygen atoms in total. The van der Waals surface area contributed by atoms with Crippen molar-refractivity contribution in [3.63, 3.8) is 0 Å². The number of alkyl halides is 2. The molecule has 33 heavy (non-hydrogen) atoms. The van der Waals surface area contributed by atoms with Gasteiger partial charge in [0.25, 0.3) is 6.43 Å². The monoisotopic (exact) mass is 453 g/mol. The van der Waals surface area contributed by atoms with Crippen molar-refractivity contribution in [2.24, 2.45) is 0 Å². The van der Waals surface area contributed by atoms with Gasteiger partial charge in [0.1, 0.15) is 18.0 Å². The van der Waals surface area contributed by atoms with E-state index in [1.165, 1.54) is 18.5 Å². The minimum Gasteiger partial charge on any atom is -0.383 e. The molecule has 3 aromatic heterocycles. The molecule has 3 heterocycles. The molecule has 0 aliphatic heterocycles. The van der Waals surface area contributed by atoms with Gasteiger partial charge >= 0.3 is 0 Å². The Morgan fingerprint density at radius 1 is 1.03 bits per heavy atom. The second kappa shape index (κ2) is 9.45. The number of ether oxygens (including phenoxy) is 1. The third-order valence-corrected chi connectivity index (χ3v) is 5.26. The fourth-order valence-electron chi connectivity index (χ4n) is 3.62. The van der Waals surface area contributed by atoms with Gasteiger partial charge in [-0.15, -0.1) is 0 Å². The first kappa shape index (κ1) is 22.5. The van der Waals surface area contributed by atoms with E-state index in [2.05, 4.69) is 20.4 Å². The van der Waals surface area contributed by atoms with Crippen molar-refractivity contribution in [2.75, 3.05) is 19.0 Å². The molecule has 0 atom stereocenters. The second-order valence-corrected chi connectivity index (χ2v) is 7.69. The summed E-state index contributed by atoms with van der Waals surface area (Å²) in [4.78, 5) is 8.69. The van der Waals surface area contributed by atoms with Gasteiger partial charge in [0, 0.05) is 35.6 Å². The summed E-state index contributed by atoms with van der Waals surface area (Å²) in [5.41, 5.74) is 4.15. The highest BCUT2D eigenvalue weighted by Gasteiger charge is 2.18. The lowest BCUT2D eigenvalue weighted by atomic mass is 10.1. The number of halogens is 2. The summed E-state index contributed by atoms with van der Waals surface area (Å²) in [7, 11) is 1.62. The molecule has 0 bridgehead atoms. The highest BCUT2D eigenvalue weighted by Crippen LogP contribution is 2.31. The standard InChI is InChI=1S/C23H25F2N7O/c1-14-11-15(2)32(29-14)20-12-19(26-13-27-20)28-23-16(3)21(30-31(23)9-10-33-4)17-5-7-18(8-6-17)22(24)25/h5-8,11-13,22H,9-10H2,1-4H3,(H,26,27,28). The zero-order valence-corrected chi connectivity index (χ0v) is 18.9. The average Bonchev–Trinajstić information content (AvgIpc) is 3.30. The van der Waals surface area contributed by atoms with Crippen LogP contribution in [0, 0.1) is 20.8 Å². The molecule has 0 spiro atoms. The summed E-state index contributed by atoms with van der Waals surface area (Å²) in [5, 5.41) is 12.5. The van der Waals surface area contributed by atoms with Gasteiger partial charge < -0.3 is 10.1 Å². The van der Waals surface area contributed by atoms with Crippen LogP contribution in [0.25, 0.3) is 17.1 Å². The predicted molar refractivity (Wildman–Crippen MR) is 121 cm³/mol. The molecule has 0 fully saturated rings. The fourth-order valence-corrected chi connectivity index (χ4v) is 3.62. The Bertz CT molecular complexity index is 1250. The zero-order valence-electron chi connectivity index (χ0n) is 18.9. The van der Waals surface area contributed by atoms with Crippen LogP contribution in [0.2, 0.25) is 0 Å². The van der Waals surface area contributed by atoms with Crippen molar-refractivity contribution in [1.29, 1.82) is 0 Å². The number of nitrogens with one attached hydrogen (secondary N) is 1. The smallest absolute Gasteiger partial charge is 0.263 e. The average molecular weight is 453 g/mol. The number of aromatic nitrogens is 6. The second-order valence-electron chi connectivity index (χ2n) is 7.69. The lowest BCUT2D eigenvalue weighted by Crippen LogP contribution is -2.10. The maximum Gasteiger partial charge on any atom is 0.263 e. The van der Waals surface area contributed by atoms with Crippen LogP contribution in [0.5, 0.6) is 0 Å². The Balaban J connectivity index is 1.70. The van der Waals surface area contributed by atoms with E-state index in [0.29, 0.717) is 30.5 Å². The summed E-state index contributed by atoms with van der Waals surface area (Å²) in [6.07, 6.45) is -1.03. The van der Waals surface area contributed by atoms with Crippen LogP contribution in [0.15, 0.2) is 42.7 Å². The summed E-state index contributed by atoms with van der Waals surface area (Å²) in [6, 6.07) is 9.95. The molecule has 0 amide bonds. The quantitative estimate of drug-likeness (QED) is 0.414. The number of hydrogen-bond donors (Lipinski definition) is 1. The molecule has 0 radical (unpaired) electrons. The van der Waals surface area contributed by atoms with Gasteiger partial charge in [-0.05, 0) is 26.8 Å². The van der Waals surface area contributed by atoms with E-state index in [9.17, 15) is 8.78 Å². The van der Waals surface area contributed by atoms with Crippen molar-refractivity contribution in [2.45, 2.75) is 33.7 Å². The fraction of sp³-hybridized carbons (Fsp3) is 0.304. The summed E-state index contributed by atoms with van der Waals surface area (Å²) in [5.74, 6) is 1.95. The van der Waals surface area contributed by atoms with Gasteiger partial charge in [-0.25, -0.2) is 28.1 Å². The van der Waals surface area contributed by atoms with Crippen LogP contribution in [0.1, 0.15) is 28.9 Å². The Hall–Kier alpha value is -3.66. The highest BCUT2D eigenvalue weighted by atomic mass is 19.3. The Morgan fingerprint density at radius 2 is 1.79 bits per heavy atom. The normalized spacial score (nSPS) is 11.4. The molecule has 4 rings (SSSR count). The molecule has 1 aromatic carbocycles.